The van der Waals surface area contributed by atoms with Crippen molar-refractivity contribution in [3.05, 3.63) is 33.4 Å². The number of hydrogen-bond acceptors (Lipinski definition) is 5. The van der Waals surface area contributed by atoms with E-state index in [9.17, 15) is 5.11 Å². The van der Waals surface area contributed by atoms with E-state index in [1.54, 1.807) is 4.57 Å². The standard InChI is InChI=1S/C11H15N5O.C3H7.Na/c1-7(2)3-4-8(17)16-6-15-9-10(12)13-5-14-11(9)16;1-3-2;/h5-8,17H,1-4H2,(H2,12,13,14);1,3H2,2H3;/q-2;-1;+1. The van der Waals surface area contributed by atoms with Crippen LogP contribution in [0, 0.1) is 26.7 Å². The van der Waals surface area contributed by atoms with Gasteiger partial charge in [0.25, 0.3) is 0 Å². The van der Waals surface area contributed by atoms with Crippen LogP contribution in [0.3, 0.4) is 0 Å². The molecule has 112 valence electrons. The van der Waals surface area contributed by atoms with Gasteiger partial charge in [0.05, 0.1) is 6.33 Å². The number of rotatable bonds is 4. The minimum absolute atomic E-state index is 0. The Balaban J connectivity index is 0.000000922. The second-order valence-electron chi connectivity index (χ2n) is 4.51. The second-order valence-corrected chi connectivity index (χ2v) is 4.51. The largest absolute Gasteiger partial charge is 1.00 e. The predicted octanol–water partition coefficient (Wildman–Crippen LogP) is -0.802. The van der Waals surface area contributed by atoms with Gasteiger partial charge in [-0.25, -0.2) is 15.0 Å². The van der Waals surface area contributed by atoms with Crippen molar-refractivity contribution in [2.45, 2.75) is 32.4 Å². The molecule has 0 spiro atoms. The van der Waals surface area contributed by atoms with Gasteiger partial charge in [-0.2, -0.15) is 6.42 Å². The van der Waals surface area contributed by atoms with Gasteiger partial charge in [0.1, 0.15) is 18.1 Å². The minimum Gasteiger partial charge on any atom is -0.382 e. The summed E-state index contributed by atoms with van der Waals surface area (Å²) < 4.78 is 1.58. The Morgan fingerprint density at radius 3 is 2.48 bits per heavy atom. The van der Waals surface area contributed by atoms with Crippen molar-refractivity contribution in [3.8, 4) is 0 Å². The van der Waals surface area contributed by atoms with Crippen molar-refractivity contribution in [1.29, 1.82) is 0 Å². The Morgan fingerprint density at radius 1 is 1.29 bits per heavy atom. The molecule has 2 aromatic heterocycles. The molecule has 6 nitrogen and oxygen atoms in total. The maximum atomic E-state index is 10.0. The molecule has 3 N–H and O–H groups in total. The van der Waals surface area contributed by atoms with Gasteiger partial charge >= 0.3 is 29.6 Å². The smallest absolute Gasteiger partial charge is 0.382 e. The van der Waals surface area contributed by atoms with Crippen LogP contribution in [0.2, 0.25) is 0 Å². The SMILES string of the molecule is [CH2-]C([CH2-])CCC(O)n1cnc2c(N)ncnc21.[CH2-]CC.[Na+]. The van der Waals surface area contributed by atoms with Crippen molar-refractivity contribution < 1.29 is 34.7 Å². The van der Waals surface area contributed by atoms with Crippen LogP contribution < -0.4 is 35.3 Å². The van der Waals surface area contributed by atoms with Crippen molar-refractivity contribution in [1.82, 2.24) is 19.5 Å². The molecule has 1 atom stereocenters. The van der Waals surface area contributed by atoms with Crippen molar-refractivity contribution in [2.24, 2.45) is 5.92 Å². The maximum Gasteiger partial charge on any atom is 1.00 e. The van der Waals surface area contributed by atoms with Gasteiger partial charge in [0.15, 0.2) is 11.5 Å². The first-order chi connectivity index (χ1) is 9.51. The number of hydrogen-bond donors (Lipinski definition) is 2. The third-order valence-electron chi connectivity index (χ3n) is 2.54. The van der Waals surface area contributed by atoms with E-state index in [0.717, 1.165) is 12.8 Å². The van der Waals surface area contributed by atoms with E-state index in [0.29, 0.717) is 23.4 Å². The second kappa shape index (κ2) is 10.1. The fourth-order valence-electron chi connectivity index (χ4n) is 1.61. The summed E-state index contributed by atoms with van der Waals surface area (Å²) in [5.41, 5.74) is 6.71. The number of aromatic nitrogens is 4. The molecule has 0 amide bonds. The Labute approximate surface area is 148 Å². The zero-order valence-electron chi connectivity index (χ0n) is 12.9. The number of aliphatic hydroxyl groups is 1. The van der Waals surface area contributed by atoms with Crippen LogP contribution in [0.5, 0.6) is 0 Å². The normalized spacial score (nSPS) is 11.7. The number of nitrogen functional groups attached to an aromatic ring is 1. The molecule has 0 radical (unpaired) electrons. The molecule has 21 heavy (non-hydrogen) atoms. The molecule has 0 aliphatic carbocycles. The number of aliphatic hydroxyl groups excluding tert-OH is 1. The fourth-order valence-corrected chi connectivity index (χ4v) is 1.61. The molecule has 7 heteroatoms. The van der Waals surface area contributed by atoms with Gasteiger partial charge in [0.2, 0.25) is 0 Å². The van der Waals surface area contributed by atoms with Gasteiger partial charge in [-0.15, -0.1) is 0 Å². The summed E-state index contributed by atoms with van der Waals surface area (Å²) in [6.45, 7) is 13.1. The number of nitrogens with two attached hydrogens (primary N) is 1. The first-order valence-corrected chi connectivity index (χ1v) is 6.57. The van der Waals surface area contributed by atoms with Crippen LogP contribution in [-0.2, 0) is 0 Å². The molecule has 2 aromatic rings. The summed E-state index contributed by atoms with van der Waals surface area (Å²) in [4.78, 5) is 12.0. The summed E-state index contributed by atoms with van der Waals surface area (Å²) >= 11 is 0. The summed E-state index contributed by atoms with van der Waals surface area (Å²) in [7, 11) is 0. The molecule has 0 bridgehead atoms. The van der Waals surface area contributed by atoms with E-state index >= 15 is 0 Å². The Morgan fingerprint density at radius 2 is 1.90 bits per heavy atom. The molecule has 0 aliphatic heterocycles. The number of anilines is 1. The molecule has 0 aromatic carbocycles. The molecule has 0 saturated heterocycles. The maximum absolute atomic E-state index is 10.0. The predicted molar refractivity (Wildman–Crippen MR) is 80.1 cm³/mol. The summed E-state index contributed by atoms with van der Waals surface area (Å²) in [6, 6.07) is 0. The molecule has 0 saturated carbocycles. The van der Waals surface area contributed by atoms with Gasteiger partial charge < -0.3 is 37.5 Å². The molecule has 2 rings (SSSR count). The van der Waals surface area contributed by atoms with E-state index < -0.39 is 6.23 Å². The van der Waals surface area contributed by atoms with Gasteiger partial charge in [-0.05, 0) is 6.42 Å². The average molecular weight is 299 g/mol. The minimum atomic E-state index is -0.694. The van der Waals surface area contributed by atoms with Crippen molar-refractivity contribution in [3.63, 3.8) is 0 Å². The van der Waals surface area contributed by atoms with Crippen LogP contribution in [0.15, 0.2) is 12.7 Å². The zero-order valence-corrected chi connectivity index (χ0v) is 14.9. The molecule has 1 unspecified atom stereocenters. The summed E-state index contributed by atoms with van der Waals surface area (Å²) in [5, 5.41) is 10.0. The van der Waals surface area contributed by atoms with Crippen LogP contribution >= 0.6 is 0 Å². The van der Waals surface area contributed by atoms with Crippen LogP contribution in [0.25, 0.3) is 11.2 Å². The topological polar surface area (TPSA) is 89.8 Å². The van der Waals surface area contributed by atoms with Gasteiger partial charge in [0, 0.05) is 0 Å². The van der Waals surface area contributed by atoms with Crippen molar-refractivity contribution in [2.75, 3.05) is 5.73 Å². The zero-order chi connectivity index (χ0) is 15.1. The van der Waals surface area contributed by atoms with Crippen LogP contribution in [0.4, 0.5) is 5.82 Å². The molecule has 0 fully saturated rings. The van der Waals surface area contributed by atoms with Crippen LogP contribution in [0.1, 0.15) is 32.4 Å². The van der Waals surface area contributed by atoms with E-state index in [4.69, 9.17) is 5.73 Å². The average Bonchev–Trinajstić information content (AvgIpc) is 2.82. The number of fused-ring (bicyclic) bond motifs is 1. The van der Waals surface area contributed by atoms with Crippen LogP contribution in [-0.4, -0.2) is 24.6 Å². The third-order valence-corrected chi connectivity index (χ3v) is 2.54. The summed E-state index contributed by atoms with van der Waals surface area (Å²) in [6.07, 6.45) is 4.45. The molecular formula is C14H22N5NaO-2. The molecular weight excluding hydrogens is 277 g/mol. The van der Waals surface area contributed by atoms with E-state index in [-0.39, 0.29) is 35.5 Å². The first-order valence-electron chi connectivity index (χ1n) is 6.57. The molecule has 0 aliphatic rings. The molecule has 2 heterocycles. The van der Waals surface area contributed by atoms with Crippen molar-refractivity contribution >= 4 is 17.0 Å². The number of nitrogens with zero attached hydrogens (tertiary/aromatic N) is 4. The number of imidazole rings is 1. The van der Waals surface area contributed by atoms with Gasteiger partial charge in [-0.3, -0.25) is 4.57 Å². The Kier molecular flexibility index (Phi) is 9.77. The fraction of sp³-hybridized carbons (Fsp3) is 0.429. The Bertz CT molecular complexity index is 529. The monoisotopic (exact) mass is 299 g/mol. The quantitative estimate of drug-likeness (QED) is 0.570. The van der Waals surface area contributed by atoms with Gasteiger partial charge in [-0.1, -0.05) is 13.3 Å². The summed E-state index contributed by atoms with van der Waals surface area (Å²) in [5.74, 6) is 0.368. The first kappa shape index (κ1) is 20.3. The third kappa shape index (κ3) is 5.90. The van der Waals surface area contributed by atoms with E-state index in [2.05, 4.69) is 35.7 Å². The Hall–Kier alpha value is -0.690. The van der Waals surface area contributed by atoms with E-state index in [1.165, 1.54) is 12.7 Å². The van der Waals surface area contributed by atoms with E-state index in [1.807, 2.05) is 6.92 Å².